The standard InChI is InChI=1S/C53H34N2S2/c1-31-7-6-12-43-39-9-3-2-8-38(39)41-16-13-32(26-44(41)40-10-4-5-11-42(40)53(31)43)35-23-36(33-14-17-49-45(27-33)47-29-54-21-19-51(47)56-49)25-37(24-35)34-15-18-50-46(28-34)48-30-55-22-20-52(48)57-50/h2-6,8-31H,7H2,1H3. The smallest absolute Gasteiger partial charge is 0.0386 e. The highest BCUT2D eigenvalue weighted by Gasteiger charge is 2.27. The first-order chi connectivity index (χ1) is 28.1. The van der Waals surface area contributed by atoms with Crippen LogP contribution in [0.2, 0.25) is 0 Å². The predicted octanol–water partition coefficient (Wildman–Crippen LogP) is 15.4. The van der Waals surface area contributed by atoms with E-state index in [9.17, 15) is 0 Å². The van der Waals surface area contributed by atoms with Gasteiger partial charge in [0.2, 0.25) is 0 Å². The Kier molecular flexibility index (Phi) is 7.35. The highest BCUT2D eigenvalue weighted by molar-refractivity contribution is 7.26. The van der Waals surface area contributed by atoms with Gasteiger partial charge in [0.1, 0.15) is 0 Å². The van der Waals surface area contributed by atoms with Gasteiger partial charge in [-0.15, -0.1) is 22.7 Å². The minimum atomic E-state index is 0.421. The predicted molar refractivity (Wildman–Crippen MR) is 245 cm³/mol. The average molecular weight is 763 g/mol. The van der Waals surface area contributed by atoms with Crippen LogP contribution in [0.3, 0.4) is 0 Å². The molecule has 0 N–H and O–H groups in total. The lowest BCUT2D eigenvalue weighted by Gasteiger charge is -2.29. The number of aromatic nitrogens is 2. The summed E-state index contributed by atoms with van der Waals surface area (Å²) in [6.07, 6.45) is 13.5. The molecule has 57 heavy (non-hydrogen) atoms. The molecule has 0 bridgehead atoms. The van der Waals surface area contributed by atoms with E-state index in [2.05, 4.69) is 163 Å². The van der Waals surface area contributed by atoms with E-state index in [0.29, 0.717) is 5.92 Å². The van der Waals surface area contributed by atoms with Gasteiger partial charge in [0.25, 0.3) is 0 Å². The van der Waals surface area contributed by atoms with E-state index in [1.165, 1.54) is 118 Å². The van der Waals surface area contributed by atoms with E-state index in [1.54, 1.807) is 0 Å². The van der Waals surface area contributed by atoms with Crippen LogP contribution in [0.25, 0.3) is 107 Å². The molecule has 0 saturated heterocycles. The zero-order valence-corrected chi connectivity index (χ0v) is 32.8. The first-order valence-corrected chi connectivity index (χ1v) is 21.2. The Morgan fingerprint density at radius 3 is 1.54 bits per heavy atom. The Labute approximate surface area is 338 Å². The summed E-state index contributed by atoms with van der Waals surface area (Å²) in [5, 5.41) is 4.92. The van der Waals surface area contributed by atoms with E-state index in [-0.39, 0.29) is 0 Å². The first kappa shape index (κ1) is 32.8. The Morgan fingerprint density at radius 2 is 0.930 bits per heavy atom. The second-order valence-corrected chi connectivity index (χ2v) is 17.6. The fraction of sp³-hybridized carbons (Fsp3) is 0.0566. The molecule has 4 heterocycles. The molecular formula is C53H34N2S2. The van der Waals surface area contributed by atoms with Gasteiger partial charge in [-0.1, -0.05) is 91.9 Å². The Bertz CT molecular complexity index is 3230. The van der Waals surface area contributed by atoms with Crippen molar-refractivity contribution >= 4 is 74.2 Å². The second-order valence-electron chi connectivity index (χ2n) is 15.4. The maximum atomic E-state index is 4.49. The Balaban J connectivity index is 1.10. The van der Waals surface area contributed by atoms with Gasteiger partial charge >= 0.3 is 0 Å². The molecule has 0 aliphatic heterocycles. The number of rotatable bonds is 3. The third-order valence-corrected chi connectivity index (χ3v) is 14.4. The summed E-state index contributed by atoms with van der Waals surface area (Å²) in [6, 6.07) is 50.4. The van der Waals surface area contributed by atoms with Crippen molar-refractivity contribution in [2.24, 2.45) is 5.92 Å². The molecule has 0 fully saturated rings. The maximum absolute atomic E-state index is 4.49. The molecule has 1 atom stereocenters. The summed E-state index contributed by atoms with van der Waals surface area (Å²) >= 11 is 3.66. The molecular weight excluding hydrogens is 729 g/mol. The van der Waals surface area contributed by atoms with Crippen LogP contribution in [0.15, 0.2) is 170 Å². The molecule has 4 aromatic heterocycles. The Hall–Kier alpha value is -6.46. The zero-order valence-electron chi connectivity index (χ0n) is 31.2. The highest BCUT2D eigenvalue weighted by Crippen LogP contribution is 2.50. The molecule has 0 saturated carbocycles. The third kappa shape index (κ3) is 5.21. The first-order valence-electron chi connectivity index (χ1n) is 19.6. The molecule has 1 unspecified atom stereocenters. The number of thiophene rings is 2. The van der Waals surface area contributed by atoms with E-state index in [4.69, 9.17) is 0 Å². The minimum absolute atomic E-state index is 0.421. The summed E-state index contributed by atoms with van der Waals surface area (Å²) in [5.74, 6) is 0.421. The van der Waals surface area contributed by atoms with E-state index in [0.717, 1.165) is 6.42 Å². The molecule has 4 heteroatoms. The van der Waals surface area contributed by atoms with Crippen LogP contribution in [0.1, 0.15) is 24.5 Å². The summed E-state index contributed by atoms with van der Waals surface area (Å²) in [6.45, 7) is 2.38. The van der Waals surface area contributed by atoms with Crippen LogP contribution in [-0.4, -0.2) is 9.97 Å². The van der Waals surface area contributed by atoms with Crippen LogP contribution in [0.4, 0.5) is 0 Å². The van der Waals surface area contributed by atoms with Gasteiger partial charge in [-0.25, -0.2) is 0 Å². The molecule has 268 valence electrons. The van der Waals surface area contributed by atoms with Gasteiger partial charge in [-0.05, 0) is 151 Å². The van der Waals surface area contributed by atoms with E-state index >= 15 is 0 Å². The quantitative estimate of drug-likeness (QED) is 0.179. The normalized spacial score (nSPS) is 14.7. The van der Waals surface area contributed by atoms with E-state index in [1.807, 2.05) is 47.5 Å². The van der Waals surface area contributed by atoms with Crippen LogP contribution in [0, 0.1) is 5.92 Å². The molecule has 2 nitrogen and oxygen atoms in total. The minimum Gasteiger partial charge on any atom is -0.264 e. The molecule has 10 aromatic rings. The largest absolute Gasteiger partial charge is 0.264 e. The molecule has 6 aromatic carbocycles. The summed E-state index contributed by atoms with van der Waals surface area (Å²) < 4.78 is 5.09. The van der Waals surface area contributed by atoms with Gasteiger partial charge < -0.3 is 0 Å². The number of pyridine rings is 2. The van der Waals surface area contributed by atoms with Crippen molar-refractivity contribution in [1.82, 2.24) is 9.97 Å². The van der Waals surface area contributed by atoms with E-state index < -0.39 is 0 Å². The molecule has 2 aliphatic carbocycles. The zero-order chi connectivity index (χ0) is 37.6. The van der Waals surface area contributed by atoms with Crippen molar-refractivity contribution in [3.05, 3.63) is 182 Å². The van der Waals surface area contributed by atoms with Gasteiger partial charge in [0.05, 0.1) is 0 Å². The van der Waals surface area contributed by atoms with Gasteiger partial charge in [0.15, 0.2) is 0 Å². The lowest BCUT2D eigenvalue weighted by molar-refractivity contribution is 0.761. The summed E-state index contributed by atoms with van der Waals surface area (Å²) in [5.41, 5.74) is 17.7. The molecule has 0 spiro atoms. The lowest BCUT2D eigenvalue weighted by atomic mass is 9.74. The summed E-state index contributed by atoms with van der Waals surface area (Å²) in [4.78, 5) is 8.98. The van der Waals surface area contributed by atoms with Gasteiger partial charge in [-0.2, -0.15) is 0 Å². The number of fused-ring (bicyclic) bond motifs is 13. The molecule has 12 rings (SSSR count). The number of hydrogen-bond donors (Lipinski definition) is 0. The van der Waals surface area contributed by atoms with Gasteiger partial charge in [0, 0.05) is 65.1 Å². The fourth-order valence-corrected chi connectivity index (χ4v) is 11.4. The van der Waals surface area contributed by atoms with Crippen molar-refractivity contribution in [3.63, 3.8) is 0 Å². The van der Waals surface area contributed by atoms with Crippen LogP contribution in [0.5, 0.6) is 0 Å². The topological polar surface area (TPSA) is 25.8 Å². The van der Waals surface area contributed by atoms with Crippen molar-refractivity contribution < 1.29 is 0 Å². The third-order valence-electron chi connectivity index (χ3n) is 12.1. The number of hydrogen-bond acceptors (Lipinski definition) is 4. The molecule has 2 aliphatic rings. The highest BCUT2D eigenvalue weighted by atomic mass is 32.1. The number of allylic oxidation sites excluding steroid dienone is 4. The van der Waals surface area contributed by atoms with Crippen molar-refractivity contribution in [1.29, 1.82) is 0 Å². The van der Waals surface area contributed by atoms with Crippen LogP contribution >= 0.6 is 22.7 Å². The van der Waals surface area contributed by atoms with Crippen molar-refractivity contribution in [3.8, 4) is 55.6 Å². The van der Waals surface area contributed by atoms with Crippen LogP contribution in [-0.2, 0) is 0 Å². The SMILES string of the molecule is CC1CC=CC2=C1c1ccccc1-c1cc(-c3cc(-c4ccc5sc6ccncc6c5c4)cc(-c4ccc5sc6ccncc6c5c4)c3)ccc1-c1ccccc12. The maximum Gasteiger partial charge on any atom is 0.0386 e. The van der Waals surface area contributed by atoms with Crippen LogP contribution < -0.4 is 0 Å². The number of benzene rings is 6. The van der Waals surface area contributed by atoms with Crippen molar-refractivity contribution in [2.75, 3.05) is 0 Å². The summed E-state index contributed by atoms with van der Waals surface area (Å²) in [7, 11) is 0. The fourth-order valence-electron chi connectivity index (χ4n) is 9.32. The Morgan fingerprint density at radius 1 is 0.439 bits per heavy atom. The average Bonchev–Trinajstić information content (AvgIpc) is 3.83. The molecule has 0 radical (unpaired) electrons. The molecule has 0 amide bonds. The van der Waals surface area contributed by atoms with Gasteiger partial charge in [-0.3, -0.25) is 9.97 Å². The number of nitrogens with zero attached hydrogens (tertiary/aromatic N) is 2. The van der Waals surface area contributed by atoms with Crippen molar-refractivity contribution in [2.45, 2.75) is 13.3 Å². The second kappa shape index (κ2) is 12.8. The lowest BCUT2D eigenvalue weighted by Crippen LogP contribution is -2.09. The monoisotopic (exact) mass is 762 g/mol.